The van der Waals surface area contributed by atoms with E-state index in [0.717, 1.165) is 23.3 Å². The molecule has 0 amide bonds. The lowest BCUT2D eigenvalue weighted by molar-refractivity contribution is -0.137. The molecule has 26 heavy (non-hydrogen) atoms. The molecule has 0 aliphatic rings. The van der Waals surface area contributed by atoms with E-state index in [1.807, 2.05) is 6.07 Å². The number of benzene rings is 1. The van der Waals surface area contributed by atoms with Gasteiger partial charge in [-0.2, -0.15) is 13.2 Å². The van der Waals surface area contributed by atoms with Gasteiger partial charge < -0.3 is 10.6 Å². The Morgan fingerprint density at radius 1 is 1.08 bits per heavy atom. The second-order valence-electron chi connectivity index (χ2n) is 5.29. The predicted octanol–water partition coefficient (Wildman–Crippen LogP) is 4.28. The van der Waals surface area contributed by atoms with Gasteiger partial charge in [0.2, 0.25) is 0 Å². The minimum Gasteiger partial charge on any atom is -0.356 e. The molecule has 2 N–H and O–H groups in total. The van der Waals surface area contributed by atoms with Crippen LogP contribution in [0.5, 0.6) is 0 Å². The van der Waals surface area contributed by atoms with Crippen LogP contribution in [0.3, 0.4) is 0 Å². The molecule has 1 heterocycles. The van der Waals surface area contributed by atoms with E-state index in [4.69, 9.17) is 11.6 Å². The zero-order valence-corrected chi connectivity index (χ0v) is 17.1. The van der Waals surface area contributed by atoms with E-state index in [2.05, 4.69) is 20.6 Å². The monoisotopic (exact) mass is 498 g/mol. The molecule has 0 fully saturated rings. The van der Waals surface area contributed by atoms with Crippen LogP contribution in [0.2, 0.25) is 5.15 Å². The number of pyridine rings is 1. The van der Waals surface area contributed by atoms with Crippen LogP contribution in [0.15, 0.2) is 47.6 Å². The first-order valence-electron chi connectivity index (χ1n) is 7.59. The van der Waals surface area contributed by atoms with Crippen molar-refractivity contribution in [2.24, 2.45) is 4.99 Å². The van der Waals surface area contributed by atoms with E-state index in [9.17, 15) is 13.2 Å². The van der Waals surface area contributed by atoms with E-state index in [1.165, 1.54) is 12.1 Å². The molecule has 1 aromatic heterocycles. The van der Waals surface area contributed by atoms with Crippen LogP contribution in [-0.2, 0) is 19.1 Å². The number of nitrogens with one attached hydrogen (secondary N) is 2. The van der Waals surface area contributed by atoms with Crippen LogP contribution in [0, 0.1) is 0 Å². The van der Waals surface area contributed by atoms with Crippen LogP contribution in [0.1, 0.15) is 16.7 Å². The van der Waals surface area contributed by atoms with Gasteiger partial charge in [-0.05, 0) is 35.7 Å². The maximum absolute atomic E-state index is 12.5. The highest BCUT2D eigenvalue weighted by Gasteiger charge is 2.29. The summed E-state index contributed by atoms with van der Waals surface area (Å²) in [6.45, 7) is 1.08. The molecule has 1 aromatic carbocycles. The van der Waals surface area contributed by atoms with Gasteiger partial charge in [0.25, 0.3) is 0 Å². The Balaban J connectivity index is 0.00000338. The Morgan fingerprint density at radius 2 is 1.73 bits per heavy atom. The number of aliphatic imine (C=N–C) groups is 1. The summed E-state index contributed by atoms with van der Waals surface area (Å²) in [7, 11) is 1.65. The number of nitrogens with zero attached hydrogens (tertiary/aromatic N) is 2. The maximum atomic E-state index is 12.5. The molecule has 0 saturated carbocycles. The van der Waals surface area contributed by atoms with Gasteiger partial charge in [-0.1, -0.05) is 29.8 Å². The summed E-state index contributed by atoms with van der Waals surface area (Å²) in [4.78, 5) is 8.09. The number of halogens is 5. The van der Waals surface area contributed by atoms with Crippen LogP contribution in [0.4, 0.5) is 13.2 Å². The quantitative estimate of drug-likeness (QED) is 0.280. The van der Waals surface area contributed by atoms with Gasteiger partial charge in [0.05, 0.1) is 5.56 Å². The minimum atomic E-state index is -4.31. The molecular formula is C17H19ClF3IN4. The summed E-state index contributed by atoms with van der Waals surface area (Å²) in [6, 6.07) is 8.73. The van der Waals surface area contributed by atoms with Crippen molar-refractivity contribution < 1.29 is 13.2 Å². The van der Waals surface area contributed by atoms with E-state index in [-0.39, 0.29) is 24.0 Å². The highest BCUT2D eigenvalue weighted by molar-refractivity contribution is 14.0. The van der Waals surface area contributed by atoms with Crippen molar-refractivity contribution in [2.75, 3.05) is 13.6 Å². The summed E-state index contributed by atoms with van der Waals surface area (Å²) >= 11 is 5.73. The molecule has 0 aliphatic carbocycles. The molecule has 2 rings (SSSR count). The van der Waals surface area contributed by atoms with Gasteiger partial charge in [-0.15, -0.1) is 24.0 Å². The van der Waals surface area contributed by atoms with Crippen molar-refractivity contribution in [3.8, 4) is 0 Å². The highest BCUT2D eigenvalue weighted by Crippen LogP contribution is 2.29. The van der Waals surface area contributed by atoms with Crippen molar-refractivity contribution in [1.29, 1.82) is 0 Å². The lowest BCUT2D eigenvalue weighted by Gasteiger charge is -2.12. The van der Waals surface area contributed by atoms with Crippen molar-refractivity contribution >= 4 is 41.5 Å². The zero-order valence-electron chi connectivity index (χ0n) is 14.0. The summed E-state index contributed by atoms with van der Waals surface area (Å²) in [5.74, 6) is 0.599. The third-order valence-corrected chi connectivity index (χ3v) is 3.68. The Bertz CT molecular complexity index is 703. The normalized spacial score (nSPS) is 11.7. The van der Waals surface area contributed by atoms with Gasteiger partial charge in [0.1, 0.15) is 5.15 Å². The zero-order chi connectivity index (χ0) is 18.3. The van der Waals surface area contributed by atoms with E-state index in [1.54, 1.807) is 19.3 Å². The average Bonchev–Trinajstić information content (AvgIpc) is 2.59. The Hall–Kier alpha value is -1.55. The lowest BCUT2D eigenvalue weighted by atomic mass is 10.1. The van der Waals surface area contributed by atoms with Gasteiger partial charge >= 0.3 is 6.18 Å². The summed E-state index contributed by atoms with van der Waals surface area (Å²) in [5.41, 5.74) is 1.13. The number of hydrogen-bond acceptors (Lipinski definition) is 2. The number of hydrogen-bond donors (Lipinski definition) is 2. The molecule has 0 bridgehead atoms. The molecule has 9 heteroatoms. The highest BCUT2D eigenvalue weighted by atomic mass is 127. The Labute approximate surface area is 172 Å². The summed E-state index contributed by atoms with van der Waals surface area (Å²) < 4.78 is 37.6. The lowest BCUT2D eigenvalue weighted by Crippen LogP contribution is -2.37. The molecule has 0 saturated heterocycles. The fourth-order valence-corrected chi connectivity index (χ4v) is 2.21. The third kappa shape index (κ3) is 7.36. The molecule has 0 atom stereocenters. The van der Waals surface area contributed by atoms with E-state index >= 15 is 0 Å². The van der Waals surface area contributed by atoms with Gasteiger partial charge in [-0.3, -0.25) is 4.99 Å². The fraction of sp³-hybridized carbons (Fsp3) is 0.294. The maximum Gasteiger partial charge on any atom is 0.416 e. The second kappa shape index (κ2) is 10.6. The van der Waals surface area contributed by atoms with Crippen molar-refractivity contribution in [2.45, 2.75) is 19.1 Å². The second-order valence-corrected chi connectivity index (χ2v) is 5.67. The van der Waals surface area contributed by atoms with Crippen molar-refractivity contribution in [3.63, 3.8) is 0 Å². The molecule has 0 unspecified atom stereocenters. The van der Waals surface area contributed by atoms with Crippen molar-refractivity contribution in [1.82, 2.24) is 15.6 Å². The SMILES string of the molecule is CN=C(NCCc1ccc(C(F)(F)F)cc1)NCc1ccc(Cl)nc1.I. The van der Waals surface area contributed by atoms with Crippen LogP contribution < -0.4 is 10.6 Å². The topological polar surface area (TPSA) is 49.3 Å². The van der Waals surface area contributed by atoms with Crippen LogP contribution in [-0.4, -0.2) is 24.5 Å². The standard InChI is InChI=1S/C17H18ClF3N4.HI/c1-22-16(25-11-13-4-7-15(18)24-10-13)23-9-8-12-2-5-14(6-3-12)17(19,20)21;/h2-7,10H,8-9,11H2,1H3,(H2,22,23,25);1H. The number of rotatable bonds is 5. The van der Waals surface area contributed by atoms with Crippen LogP contribution in [0.25, 0.3) is 0 Å². The average molecular weight is 499 g/mol. The first kappa shape index (κ1) is 22.5. The Kier molecular flexibility index (Phi) is 9.14. The molecule has 0 radical (unpaired) electrons. The molecule has 2 aromatic rings. The molecular weight excluding hydrogens is 480 g/mol. The fourth-order valence-electron chi connectivity index (χ4n) is 2.10. The Morgan fingerprint density at radius 3 is 2.27 bits per heavy atom. The summed E-state index contributed by atoms with van der Waals surface area (Å²) in [5, 5.41) is 6.68. The summed E-state index contributed by atoms with van der Waals surface area (Å²) in [6.07, 6.45) is -2.05. The number of alkyl halides is 3. The van der Waals surface area contributed by atoms with Crippen LogP contribution >= 0.6 is 35.6 Å². The van der Waals surface area contributed by atoms with Gasteiger partial charge in [0.15, 0.2) is 5.96 Å². The molecule has 0 spiro atoms. The van der Waals surface area contributed by atoms with Gasteiger partial charge in [-0.25, -0.2) is 4.98 Å². The molecule has 0 aliphatic heterocycles. The van der Waals surface area contributed by atoms with E-state index in [0.29, 0.717) is 30.6 Å². The predicted molar refractivity (Wildman–Crippen MR) is 108 cm³/mol. The third-order valence-electron chi connectivity index (χ3n) is 3.46. The van der Waals surface area contributed by atoms with Crippen molar-refractivity contribution in [3.05, 3.63) is 64.4 Å². The first-order valence-corrected chi connectivity index (χ1v) is 7.97. The van der Waals surface area contributed by atoms with Gasteiger partial charge in [0, 0.05) is 26.3 Å². The molecule has 4 nitrogen and oxygen atoms in total. The number of aromatic nitrogens is 1. The number of guanidine groups is 1. The van der Waals surface area contributed by atoms with E-state index < -0.39 is 11.7 Å². The minimum absolute atomic E-state index is 0. The largest absolute Gasteiger partial charge is 0.416 e. The smallest absolute Gasteiger partial charge is 0.356 e. The molecule has 142 valence electrons. The first-order chi connectivity index (χ1) is 11.9.